The molecule has 3 nitrogen and oxygen atoms in total. The van der Waals surface area contributed by atoms with Crippen molar-refractivity contribution in [2.24, 2.45) is 22.6 Å². The second kappa shape index (κ2) is 4.65. The average molecular weight is 283 g/mol. The van der Waals surface area contributed by atoms with E-state index in [4.69, 9.17) is 22.2 Å². The minimum Gasteiger partial charge on any atom is -0.495 e. The number of methoxy groups -OCH3 is 1. The Bertz CT molecular complexity index is 471. The van der Waals surface area contributed by atoms with Gasteiger partial charge in [-0.05, 0) is 34.4 Å². The fourth-order valence-corrected chi connectivity index (χ4v) is 3.53. The molecule has 0 spiro atoms. The zero-order valence-electron chi connectivity index (χ0n) is 12.3. The summed E-state index contributed by atoms with van der Waals surface area (Å²) < 4.78 is 5.28. The van der Waals surface area contributed by atoms with Crippen LogP contribution in [-0.2, 0) is 0 Å². The van der Waals surface area contributed by atoms with Gasteiger partial charge in [0.25, 0.3) is 0 Å². The van der Waals surface area contributed by atoms with Crippen molar-refractivity contribution in [3.05, 3.63) is 28.8 Å². The molecule has 1 aliphatic rings. The first-order chi connectivity index (χ1) is 8.77. The van der Waals surface area contributed by atoms with E-state index in [0.29, 0.717) is 16.7 Å². The molecule has 2 rings (SSSR count). The number of halogens is 1. The van der Waals surface area contributed by atoms with Crippen molar-refractivity contribution < 1.29 is 4.74 Å². The lowest BCUT2D eigenvalue weighted by molar-refractivity contribution is 0.402. The third-order valence-electron chi connectivity index (χ3n) is 5.18. The summed E-state index contributed by atoms with van der Waals surface area (Å²) in [4.78, 5) is 0. The standard InChI is InChI=1S/C15H23ClN2O/c1-14(2)13(15(14,3)4)12(18-17)9-6-7-10(16)11(8-9)19-5/h6-8,12-13,18H,17H2,1-5H3. The molecule has 19 heavy (non-hydrogen) atoms. The van der Waals surface area contributed by atoms with Gasteiger partial charge in [-0.2, -0.15) is 0 Å². The minimum absolute atomic E-state index is 0.108. The van der Waals surface area contributed by atoms with Crippen molar-refractivity contribution in [1.29, 1.82) is 0 Å². The second-order valence-electron chi connectivity index (χ2n) is 6.46. The van der Waals surface area contributed by atoms with Gasteiger partial charge in [-0.15, -0.1) is 0 Å². The Kier molecular flexibility index (Phi) is 3.58. The van der Waals surface area contributed by atoms with Gasteiger partial charge in [-0.1, -0.05) is 45.4 Å². The van der Waals surface area contributed by atoms with Gasteiger partial charge in [-0.3, -0.25) is 11.3 Å². The molecular weight excluding hydrogens is 260 g/mol. The Morgan fingerprint density at radius 2 is 1.84 bits per heavy atom. The first-order valence-electron chi connectivity index (χ1n) is 6.57. The molecule has 1 atom stereocenters. The van der Waals surface area contributed by atoms with Crippen molar-refractivity contribution in [2.75, 3.05) is 7.11 Å². The van der Waals surface area contributed by atoms with Crippen LogP contribution in [0.2, 0.25) is 5.02 Å². The van der Waals surface area contributed by atoms with E-state index in [1.807, 2.05) is 18.2 Å². The number of rotatable bonds is 4. The Labute approximate surface area is 120 Å². The van der Waals surface area contributed by atoms with E-state index in [0.717, 1.165) is 5.56 Å². The molecule has 106 valence electrons. The fourth-order valence-electron chi connectivity index (χ4n) is 3.34. The number of hydrogen-bond donors (Lipinski definition) is 2. The molecule has 1 aromatic rings. The van der Waals surface area contributed by atoms with E-state index < -0.39 is 0 Å². The molecule has 4 heteroatoms. The summed E-state index contributed by atoms with van der Waals surface area (Å²) in [6.07, 6.45) is 0. The molecule has 0 amide bonds. The van der Waals surface area contributed by atoms with Crippen LogP contribution >= 0.6 is 11.6 Å². The van der Waals surface area contributed by atoms with Crippen LogP contribution in [0, 0.1) is 16.7 Å². The second-order valence-corrected chi connectivity index (χ2v) is 6.87. The number of ether oxygens (including phenoxy) is 1. The molecule has 1 saturated carbocycles. The maximum absolute atomic E-state index is 6.07. The lowest BCUT2D eigenvalue weighted by Gasteiger charge is -2.19. The Morgan fingerprint density at radius 1 is 1.26 bits per heavy atom. The van der Waals surface area contributed by atoms with Gasteiger partial charge in [0, 0.05) is 6.04 Å². The van der Waals surface area contributed by atoms with Gasteiger partial charge >= 0.3 is 0 Å². The predicted octanol–water partition coefficient (Wildman–Crippen LogP) is 3.54. The molecule has 1 fully saturated rings. The summed E-state index contributed by atoms with van der Waals surface area (Å²) in [5, 5.41) is 0.622. The molecule has 1 aliphatic carbocycles. The molecule has 0 heterocycles. The number of nitrogens with two attached hydrogens (primary N) is 1. The van der Waals surface area contributed by atoms with Crippen LogP contribution in [0.25, 0.3) is 0 Å². The minimum atomic E-state index is 0.108. The lowest BCUT2D eigenvalue weighted by Crippen LogP contribution is -2.31. The van der Waals surface area contributed by atoms with Gasteiger partial charge in [0.15, 0.2) is 0 Å². The summed E-state index contributed by atoms with van der Waals surface area (Å²) in [5.74, 6) is 6.97. The number of nitrogens with one attached hydrogen (secondary N) is 1. The highest BCUT2D eigenvalue weighted by Crippen LogP contribution is 2.72. The smallest absolute Gasteiger partial charge is 0.137 e. The third kappa shape index (κ3) is 2.14. The molecule has 0 saturated heterocycles. The highest BCUT2D eigenvalue weighted by Gasteiger charge is 2.67. The first kappa shape index (κ1) is 14.6. The van der Waals surface area contributed by atoms with Crippen molar-refractivity contribution in [1.82, 2.24) is 5.43 Å². The van der Waals surface area contributed by atoms with Crippen LogP contribution in [-0.4, -0.2) is 7.11 Å². The molecule has 1 unspecified atom stereocenters. The maximum atomic E-state index is 6.07. The lowest BCUT2D eigenvalue weighted by atomic mass is 9.97. The van der Waals surface area contributed by atoms with Gasteiger partial charge < -0.3 is 4.74 Å². The first-order valence-corrected chi connectivity index (χ1v) is 6.94. The highest BCUT2D eigenvalue weighted by molar-refractivity contribution is 6.32. The molecule has 0 bridgehead atoms. The summed E-state index contributed by atoms with van der Waals surface area (Å²) in [5.41, 5.74) is 4.60. The van der Waals surface area contributed by atoms with Gasteiger partial charge in [0.1, 0.15) is 5.75 Å². The Morgan fingerprint density at radius 3 is 2.26 bits per heavy atom. The molecule has 1 aromatic carbocycles. The van der Waals surface area contributed by atoms with Crippen LogP contribution in [0.1, 0.15) is 39.3 Å². The summed E-state index contributed by atoms with van der Waals surface area (Å²) >= 11 is 6.07. The fraction of sp³-hybridized carbons (Fsp3) is 0.600. The van der Waals surface area contributed by atoms with Crippen LogP contribution in [0.3, 0.4) is 0 Å². The quantitative estimate of drug-likeness (QED) is 0.656. The van der Waals surface area contributed by atoms with Gasteiger partial charge in [-0.25, -0.2) is 0 Å². The maximum Gasteiger partial charge on any atom is 0.137 e. The van der Waals surface area contributed by atoms with Crippen molar-refractivity contribution in [2.45, 2.75) is 33.7 Å². The predicted molar refractivity (Wildman–Crippen MR) is 79.1 cm³/mol. The van der Waals surface area contributed by atoms with E-state index in [-0.39, 0.29) is 16.9 Å². The number of hydrazine groups is 1. The zero-order chi connectivity index (χ0) is 14.4. The van der Waals surface area contributed by atoms with Gasteiger partial charge in [0.05, 0.1) is 12.1 Å². The average Bonchev–Trinajstić information content (AvgIpc) is 2.75. The van der Waals surface area contributed by atoms with E-state index in [1.165, 1.54) is 0 Å². The molecule has 0 radical (unpaired) electrons. The van der Waals surface area contributed by atoms with E-state index >= 15 is 0 Å². The van der Waals surface area contributed by atoms with Crippen molar-refractivity contribution in [3.8, 4) is 5.75 Å². The third-order valence-corrected chi connectivity index (χ3v) is 5.49. The molecular formula is C15H23ClN2O. The van der Waals surface area contributed by atoms with Crippen LogP contribution < -0.4 is 16.0 Å². The summed E-state index contributed by atoms with van der Waals surface area (Å²) in [6.45, 7) is 9.15. The number of benzene rings is 1. The van der Waals surface area contributed by atoms with Gasteiger partial charge in [0.2, 0.25) is 0 Å². The van der Waals surface area contributed by atoms with E-state index in [2.05, 4.69) is 33.1 Å². The highest BCUT2D eigenvalue weighted by atomic mass is 35.5. The normalized spacial score (nSPS) is 22.1. The van der Waals surface area contributed by atoms with Crippen LogP contribution in [0.5, 0.6) is 5.75 Å². The zero-order valence-corrected chi connectivity index (χ0v) is 13.0. The Balaban J connectivity index is 2.34. The van der Waals surface area contributed by atoms with Crippen LogP contribution in [0.4, 0.5) is 0 Å². The number of hydrogen-bond acceptors (Lipinski definition) is 3. The van der Waals surface area contributed by atoms with E-state index in [1.54, 1.807) is 7.11 Å². The Hall–Kier alpha value is -0.770. The molecule has 0 aromatic heterocycles. The summed E-state index contributed by atoms with van der Waals surface area (Å²) in [7, 11) is 1.63. The molecule has 0 aliphatic heterocycles. The van der Waals surface area contributed by atoms with Crippen LogP contribution in [0.15, 0.2) is 18.2 Å². The largest absolute Gasteiger partial charge is 0.495 e. The monoisotopic (exact) mass is 282 g/mol. The topological polar surface area (TPSA) is 47.3 Å². The van der Waals surface area contributed by atoms with Crippen molar-refractivity contribution >= 4 is 11.6 Å². The summed E-state index contributed by atoms with van der Waals surface area (Å²) in [6, 6.07) is 5.95. The SMILES string of the molecule is COc1cc(C(NN)C2C(C)(C)C2(C)C)ccc1Cl. The van der Waals surface area contributed by atoms with E-state index in [9.17, 15) is 0 Å². The molecule has 3 N–H and O–H groups in total. The van der Waals surface area contributed by atoms with Crippen molar-refractivity contribution in [3.63, 3.8) is 0 Å².